The number of Topliss-reactive ketones (excluding diaryl/α,β-unsaturated/α-hetero) is 1. The highest BCUT2D eigenvalue weighted by Crippen LogP contribution is 2.37. The third-order valence-electron chi connectivity index (χ3n) is 4.40. The fraction of sp³-hybridized carbons (Fsp3) is 0.217. The number of methoxy groups -OCH3 is 1. The number of carbonyl (C=O) groups is 1. The summed E-state index contributed by atoms with van der Waals surface area (Å²) in [7, 11) is 1.66. The van der Waals surface area contributed by atoms with Crippen LogP contribution < -0.4 is 14.2 Å². The van der Waals surface area contributed by atoms with E-state index in [0.29, 0.717) is 23.5 Å². The van der Waals surface area contributed by atoms with Crippen molar-refractivity contribution in [2.75, 3.05) is 13.7 Å². The number of fused-ring (bicyclic) bond motifs is 1. The molecule has 0 radical (unpaired) electrons. The Bertz CT molecular complexity index is 962. The second-order valence-corrected chi connectivity index (χ2v) is 6.37. The number of carbonyl (C=O) groups excluding carboxylic acids is 1. The lowest BCUT2D eigenvalue weighted by atomic mass is 10.0. The smallest absolute Gasteiger partial charge is 0.170 e. The van der Waals surface area contributed by atoms with E-state index in [1.807, 2.05) is 30.3 Å². The van der Waals surface area contributed by atoms with Gasteiger partial charge in [0.15, 0.2) is 17.3 Å². The minimum atomic E-state index is -0.542. The molecular weight excluding hydrogens is 373 g/mol. The lowest BCUT2D eigenvalue weighted by Gasteiger charge is -2.21. The summed E-state index contributed by atoms with van der Waals surface area (Å²) in [6.45, 7) is 2.25. The van der Waals surface area contributed by atoms with Crippen LogP contribution in [0, 0.1) is 12.7 Å². The second-order valence-electron chi connectivity index (χ2n) is 6.37. The van der Waals surface area contributed by atoms with Crippen LogP contribution in [-0.2, 0) is 6.61 Å². The normalized spacial score (nSPS) is 12.2. The molecule has 4 rings (SSSR count). The number of benzene rings is 2. The number of rotatable bonds is 4. The molecule has 29 heavy (non-hydrogen) atoms. The third-order valence-corrected chi connectivity index (χ3v) is 4.40. The molecular formula is C23H22FNO4. The SMILES string of the molecule is COc1ccccc1.Cc1c(OCc2ccncc2)c(F)cc2c1OCCC2=O. The Labute approximate surface area is 169 Å². The van der Waals surface area contributed by atoms with Crippen molar-refractivity contribution in [2.45, 2.75) is 20.0 Å². The van der Waals surface area contributed by atoms with Gasteiger partial charge in [-0.3, -0.25) is 9.78 Å². The number of hydrogen-bond donors (Lipinski definition) is 0. The fourth-order valence-corrected chi connectivity index (χ4v) is 2.88. The average Bonchev–Trinajstić information content (AvgIpc) is 2.76. The Balaban J connectivity index is 0.000000252. The minimum absolute atomic E-state index is 0.0982. The molecule has 0 spiro atoms. The second kappa shape index (κ2) is 9.68. The Kier molecular flexibility index (Phi) is 6.79. The number of nitrogens with zero attached hydrogens (tertiary/aromatic N) is 1. The topological polar surface area (TPSA) is 57.6 Å². The molecule has 1 aliphatic rings. The molecule has 1 aromatic heterocycles. The van der Waals surface area contributed by atoms with Crippen molar-refractivity contribution < 1.29 is 23.4 Å². The van der Waals surface area contributed by atoms with E-state index in [1.165, 1.54) is 6.07 Å². The molecule has 0 aliphatic carbocycles. The first-order valence-corrected chi connectivity index (χ1v) is 9.20. The van der Waals surface area contributed by atoms with Crippen molar-refractivity contribution in [1.29, 1.82) is 0 Å². The molecule has 0 unspecified atom stereocenters. The average molecular weight is 395 g/mol. The maximum atomic E-state index is 14.2. The number of ether oxygens (including phenoxy) is 3. The van der Waals surface area contributed by atoms with Crippen molar-refractivity contribution in [3.8, 4) is 17.2 Å². The molecule has 150 valence electrons. The van der Waals surface area contributed by atoms with Crippen molar-refractivity contribution in [3.05, 3.63) is 83.4 Å². The van der Waals surface area contributed by atoms with E-state index in [1.54, 1.807) is 38.6 Å². The number of aromatic nitrogens is 1. The van der Waals surface area contributed by atoms with Gasteiger partial charge in [-0.05, 0) is 42.8 Å². The van der Waals surface area contributed by atoms with Crippen LogP contribution in [0.1, 0.15) is 27.9 Å². The van der Waals surface area contributed by atoms with E-state index < -0.39 is 5.82 Å². The first-order chi connectivity index (χ1) is 14.1. The minimum Gasteiger partial charge on any atom is -0.497 e. The van der Waals surface area contributed by atoms with Crippen molar-refractivity contribution in [1.82, 2.24) is 4.98 Å². The highest BCUT2D eigenvalue weighted by Gasteiger charge is 2.25. The largest absolute Gasteiger partial charge is 0.497 e. The van der Waals surface area contributed by atoms with Gasteiger partial charge in [-0.1, -0.05) is 18.2 Å². The van der Waals surface area contributed by atoms with Crippen LogP contribution in [0.2, 0.25) is 0 Å². The highest BCUT2D eigenvalue weighted by molar-refractivity contribution is 6.00. The van der Waals surface area contributed by atoms with E-state index >= 15 is 0 Å². The van der Waals surface area contributed by atoms with Crippen LogP contribution in [0.4, 0.5) is 4.39 Å². The number of pyridine rings is 1. The molecule has 0 saturated carbocycles. The van der Waals surface area contributed by atoms with Crippen molar-refractivity contribution in [2.24, 2.45) is 0 Å². The first-order valence-electron chi connectivity index (χ1n) is 9.20. The van der Waals surface area contributed by atoms with Crippen LogP contribution in [0.5, 0.6) is 17.2 Å². The van der Waals surface area contributed by atoms with Gasteiger partial charge in [0.05, 0.1) is 19.3 Å². The van der Waals surface area contributed by atoms with Crippen LogP contribution in [0.15, 0.2) is 60.9 Å². The van der Waals surface area contributed by atoms with Crippen LogP contribution in [0.25, 0.3) is 0 Å². The number of halogens is 1. The summed E-state index contributed by atoms with van der Waals surface area (Å²) < 4.78 is 30.1. The zero-order valence-electron chi connectivity index (χ0n) is 16.4. The maximum absolute atomic E-state index is 14.2. The number of hydrogen-bond acceptors (Lipinski definition) is 5. The summed E-state index contributed by atoms with van der Waals surface area (Å²) in [6, 6.07) is 14.5. The summed E-state index contributed by atoms with van der Waals surface area (Å²) in [5.74, 6) is 0.822. The van der Waals surface area contributed by atoms with Gasteiger partial charge in [-0.15, -0.1) is 0 Å². The van der Waals surface area contributed by atoms with Gasteiger partial charge in [0.2, 0.25) is 0 Å². The molecule has 0 saturated heterocycles. The highest BCUT2D eigenvalue weighted by atomic mass is 19.1. The monoisotopic (exact) mass is 395 g/mol. The predicted octanol–water partition coefficient (Wildman–Crippen LogP) is 4.77. The summed E-state index contributed by atoms with van der Waals surface area (Å²) in [4.78, 5) is 15.7. The van der Waals surface area contributed by atoms with Crippen molar-refractivity contribution in [3.63, 3.8) is 0 Å². The van der Waals surface area contributed by atoms with Gasteiger partial charge in [0.1, 0.15) is 18.1 Å². The molecule has 0 atom stereocenters. The van der Waals surface area contributed by atoms with E-state index in [4.69, 9.17) is 14.2 Å². The molecule has 0 bridgehead atoms. The van der Waals surface area contributed by atoms with Crippen LogP contribution in [0.3, 0.4) is 0 Å². The van der Waals surface area contributed by atoms with Gasteiger partial charge in [-0.25, -0.2) is 4.39 Å². The van der Waals surface area contributed by atoms with E-state index in [2.05, 4.69) is 4.98 Å². The molecule has 0 amide bonds. The Morgan fingerprint density at radius 1 is 1.14 bits per heavy atom. The molecule has 5 nitrogen and oxygen atoms in total. The predicted molar refractivity (Wildman–Crippen MR) is 107 cm³/mol. The number of para-hydroxylation sites is 1. The summed E-state index contributed by atoms with van der Waals surface area (Å²) in [6.07, 6.45) is 3.58. The van der Waals surface area contributed by atoms with Crippen LogP contribution in [-0.4, -0.2) is 24.5 Å². The molecule has 3 aromatic rings. The molecule has 0 fully saturated rings. The summed E-state index contributed by atoms with van der Waals surface area (Å²) >= 11 is 0. The maximum Gasteiger partial charge on any atom is 0.170 e. The van der Waals surface area contributed by atoms with Crippen molar-refractivity contribution >= 4 is 5.78 Å². The first kappa shape index (κ1) is 20.3. The molecule has 6 heteroatoms. The standard InChI is InChI=1S/C16H14FNO3.C7H8O/c1-10-15-12(14(19)4-7-20-15)8-13(17)16(10)21-9-11-2-5-18-6-3-11;1-8-7-5-3-2-4-6-7/h2-3,5-6,8H,4,7,9H2,1H3;2-6H,1H3. The molecule has 2 heterocycles. The number of ketones is 1. The lowest BCUT2D eigenvalue weighted by Crippen LogP contribution is -2.17. The van der Waals surface area contributed by atoms with E-state index in [-0.39, 0.29) is 24.6 Å². The van der Waals surface area contributed by atoms with Crippen LogP contribution >= 0.6 is 0 Å². The summed E-state index contributed by atoms with van der Waals surface area (Å²) in [5.41, 5.74) is 1.71. The Hall–Kier alpha value is -3.41. The van der Waals surface area contributed by atoms with Gasteiger partial charge in [0, 0.05) is 24.4 Å². The summed E-state index contributed by atoms with van der Waals surface area (Å²) in [5, 5.41) is 0. The van der Waals surface area contributed by atoms with Gasteiger partial charge < -0.3 is 14.2 Å². The van der Waals surface area contributed by atoms with E-state index in [0.717, 1.165) is 11.3 Å². The fourth-order valence-electron chi connectivity index (χ4n) is 2.88. The Morgan fingerprint density at radius 2 is 1.86 bits per heavy atom. The third kappa shape index (κ3) is 5.10. The molecule has 0 N–H and O–H groups in total. The lowest BCUT2D eigenvalue weighted by molar-refractivity contribution is 0.0931. The van der Waals surface area contributed by atoms with Gasteiger partial charge in [-0.2, -0.15) is 0 Å². The quantitative estimate of drug-likeness (QED) is 0.637. The zero-order valence-corrected chi connectivity index (χ0v) is 16.4. The molecule has 1 aliphatic heterocycles. The van der Waals surface area contributed by atoms with Gasteiger partial charge >= 0.3 is 0 Å². The van der Waals surface area contributed by atoms with Gasteiger partial charge in [0.25, 0.3) is 0 Å². The Morgan fingerprint density at radius 3 is 2.52 bits per heavy atom. The molecule has 2 aromatic carbocycles. The zero-order chi connectivity index (χ0) is 20.6. The van der Waals surface area contributed by atoms with E-state index in [9.17, 15) is 9.18 Å².